The maximum absolute atomic E-state index is 12.6. The van der Waals surface area contributed by atoms with Crippen molar-refractivity contribution in [2.75, 3.05) is 7.11 Å². The lowest BCUT2D eigenvalue weighted by Crippen LogP contribution is -2.46. The minimum absolute atomic E-state index is 0.168. The van der Waals surface area contributed by atoms with Crippen LogP contribution in [-0.2, 0) is 25.7 Å². The first-order valence-electron chi connectivity index (χ1n) is 8.32. The van der Waals surface area contributed by atoms with Gasteiger partial charge < -0.3 is 10.1 Å². The molecule has 1 fully saturated rings. The first kappa shape index (κ1) is 16.6. The third-order valence-electron chi connectivity index (χ3n) is 4.88. The van der Waals surface area contributed by atoms with Gasteiger partial charge in [0, 0.05) is 18.9 Å². The minimum Gasteiger partial charge on any atom is -0.467 e. The van der Waals surface area contributed by atoms with E-state index in [0.29, 0.717) is 19.4 Å². The van der Waals surface area contributed by atoms with Crippen molar-refractivity contribution in [2.45, 2.75) is 44.3 Å². The van der Waals surface area contributed by atoms with Crippen LogP contribution in [0.4, 0.5) is 0 Å². The van der Waals surface area contributed by atoms with E-state index in [-0.39, 0.29) is 17.6 Å². The molecule has 3 atom stereocenters. The second-order valence-electron chi connectivity index (χ2n) is 6.39. The summed E-state index contributed by atoms with van der Waals surface area (Å²) in [5, 5.41) is 5.93. The zero-order chi connectivity index (χ0) is 17.1. The van der Waals surface area contributed by atoms with Gasteiger partial charge in [-0.1, -0.05) is 24.3 Å². The van der Waals surface area contributed by atoms with Crippen LogP contribution < -0.4 is 10.6 Å². The first-order chi connectivity index (χ1) is 11.6. The van der Waals surface area contributed by atoms with Crippen molar-refractivity contribution in [1.82, 2.24) is 10.6 Å². The number of nitrogens with one attached hydrogen (secondary N) is 2. The van der Waals surface area contributed by atoms with E-state index in [1.165, 1.54) is 7.11 Å². The minimum atomic E-state index is -0.788. The molecule has 1 saturated carbocycles. The molecule has 3 rings (SSSR count). The third kappa shape index (κ3) is 3.33. The summed E-state index contributed by atoms with van der Waals surface area (Å²) < 4.78 is 4.81. The SMILES string of the molecule is COC(=O)[C@H](C[C@@H]1CCCC1=O)NC(=O)C1NCc2ccccc21. The molecule has 0 spiro atoms. The van der Waals surface area contributed by atoms with Crippen LogP contribution in [0.2, 0.25) is 0 Å². The highest BCUT2D eigenvalue weighted by atomic mass is 16.5. The van der Waals surface area contributed by atoms with E-state index in [4.69, 9.17) is 4.74 Å². The molecule has 6 heteroatoms. The number of carbonyl (C=O) groups is 3. The van der Waals surface area contributed by atoms with Crippen LogP contribution in [0.1, 0.15) is 42.9 Å². The Bertz CT molecular complexity index is 658. The number of carbonyl (C=O) groups excluding carboxylic acids is 3. The number of rotatable bonds is 5. The quantitative estimate of drug-likeness (QED) is 0.794. The van der Waals surface area contributed by atoms with Gasteiger partial charge in [0.2, 0.25) is 5.91 Å². The van der Waals surface area contributed by atoms with Crippen molar-refractivity contribution in [2.24, 2.45) is 5.92 Å². The fourth-order valence-electron chi connectivity index (χ4n) is 3.57. The molecule has 0 saturated heterocycles. The normalized spacial score (nSPS) is 23.6. The highest BCUT2D eigenvalue weighted by Crippen LogP contribution is 2.27. The number of esters is 1. The van der Waals surface area contributed by atoms with Crippen molar-refractivity contribution < 1.29 is 19.1 Å². The van der Waals surface area contributed by atoms with Gasteiger partial charge in [-0.2, -0.15) is 0 Å². The van der Waals surface area contributed by atoms with Crippen LogP contribution in [0, 0.1) is 5.92 Å². The molecule has 2 N–H and O–H groups in total. The Morgan fingerprint density at radius 2 is 2.17 bits per heavy atom. The molecule has 1 aliphatic heterocycles. The molecule has 0 radical (unpaired) electrons. The molecule has 1 heterocycles. The average Bonchev–Trinajstić information content (AvgIpc) is 3.20. The van der Waals surface area contributed by atoms with Gasteiger partial charge in [-0.15, -0.1) is 0 Å². The summed E-state index contributed by atoms with van der Waals surface area (Å²) in [5.41, 5.74) is 2.01. The Morgan fingerprint density at radius 1 is 1.38 bits per heavy atom. The van der Waals surface area contributed by atoms with Crippen LogP contribution in [-0.4, -0.2) is 30.8 Å². The number of hydrogen-bond donors (Lipinski definition) is 2. The summed E-state index contributed by atoms with van der Waals surface area (Å²) >= 11 is 0. The Morgan fingerprint density at radius 3 is 2.88 bits per heavy atom. The highest BCUT2D eigenvalue weighted by Gasteiger charge is 2.34. The summed E-state index contributed by atoms with van der Waals surface area (Å²) in [6, 6.07) is 6.44. The monoisotopic (exact) mass is 330 g/mol. The van der Waals surface area contributed by atoms with Crippen molar-refractivity contribution in [3.05, 3.63) is 35.4 Å². The predicted octanol–water partition coefficient (Wildman–Crippen LogP) is 1.25. The van der Waals surface area contributed by atoms with Gasteiger partial charge in [0.1, 0.15) is 17.9 Å². The maximum atomic E-state index is 12.6. The molecule has 24 heavy (non-hydrogen) atoms. The highest BCUT2D eigenvalue weighted by molar-refractivity contribution is 5.90. The summed E-state index contributed by atoms with van der Waals surface area (Å²) in [5.74, 6) is -0.768. The standard InChI is InChI=1S/C18H22N2O4/c1-24-18(23)14(9-11-6-4-8-15(11)21)20-17(22)16-13-7-3-2-5-12(13)10-19-16/h2-3,5,7,11,14,16,19H,4,6,8-10H2,1H3,(H,20,22)/t11-,14-,16?/m0/s1. The third-order valence-corrected chi connectivity index (χ3v) is 4.88. The molecule has 1 aromatic rings. The van der Waals surface area contributed by atoms with E-state index in [9.17, 15) is 14.4 Å². The number of fused-ring (bicyclic) bond motifs is 1. The lowest BCUT2D eigenvalue weighted by Gasteiger charge is -2.21. The molecule has 128 valence electrons. The van der Waals surface area contributed by atoms with E-state index >= 15 is 0 Å². The van der Waals surface area contributed by atoms with Crippen molar-refractivity contribution in [1.29, 1.82) is 0 Å². The Labute approximate surface area is 140 Å². The fourth-order valence-corrected chi connectivity index (χ4v) is 3.57. The van der Waals surface area contributed by atoms with Crippen LogP contribution in [0.15, 0.2) is 24.3 Å². The maximum Gasteiger partial charge on any atom is 0.328 e. The molecular weight excluding hydrogens is 308 g/mol. The first-order valence-corrected chi connectivity index (χ1v) is 8.32. The molecule has 6 nitrogen and oxygen atoms in total. The molecular formula is C18H22N2O4. The van der Waals surface area contributed by atoms with E-state index in [1.807, 2.05) is 24.3 Å². The van der Waals surface area contributed by atoms with Crippen LogP contribution in [0.5, 0.6) is 0 Å². The predicted molar refractivity (Wildman–Crippen MR) is 86.9 cm³/mol. The lowest BCUT2D eigenvalue weighted by molar-refractivity contribution is -0.146. The van der Waals surface area contributed by atoms with Crippen LogP contribution >= 0.6 is 0 Å². The van der Waals surface area contributed by atoms with Gasteiger partial charge in [-0.3, -0.25) is 14.9 Å². The van der Waals surface area contributed by atoms with E-state index in [1.54, 1.807) is 0 Å². The zero-order valence-electron chi connectivity index (χ0n) is 13.7. The van der Waals surface area contributed by atoms with Gasteiger partial charge in [0.15, 0.2) is 0 Å². The van der Waals surface area contributed by atoms with Crippen molar-refractivity contribution in [3.8, 4) is 0 Å². The van der Waals surface area contributed by atoms with Gasteiger partial charge in [-0.25, -0.2) is 4.79 Å². The Balaban J connectivity index is 1.69. The zero-order valence-corrected chi connectivity index (χ0v) is 13.7. The van der Waals surface area contributed by atoms with Gasteiger partial charge in [-0.05, 0) is 30.4 Å². The smallest absolute Gasteiger partial charge is 0.328 e. The molecule has 1 aromatic carbocycles. The van der Waals surface area contributed by atoms with E-state index < -0.39 is 18.1 Å². The largest absolute Gasteiger partial charge is 0.467 e. The summed E-state index contributed by atoms with van der Waals surface area (Å²) in [6.07, 6.45) is 2.49. The summed E-state index contributed by atoms with van der Waals surface area (Å²) in [7, 11) is 1.29. The number of Topliss-reactive ketones (excluding diaryl/α,β-unsaturated/α-hetero) is 1. The van der Waals surface area contributed by atoms with Crippen molar-refractivity contribution >= 4 is 17.7 Å². The number of ketones is 1. The molecule has 0 aromatic heterocycles. The molecule has 1 unspecified atom stereocenters. The van der Waals surface area contributed by atoms with Crippen LogP contribution in [0.3, 0.4) is 0 Å². The number of hydrogen-bond acceptors (Lipinski definition) is 5. The molecule has 2 aliphatic rings. The number of methoxy groups -OCH3 is 1. The number of ether oxygens (including phenoxy) is 1. The molecule has 1 amide bonds. The number of benzene rings is 1. The topological polar surface area (TPSA) is 84.5 Å². The summed E-state index contributed by atoms with van der Waals surface area (Å²) in [6.45, 7) is 0.623. The van der Waals surface area contributed by atoms with Gasteiger partial charge in [0.05, 0.1) is 7.11 Å². The Hall–Kier alpha value is -2.21. The second kappa shape index (κ2) is 7.13. The van der Waals surface area contributed by atoms with E-state index in [2.05, 4.69) is 10.6 Å². The fraction of sp³-hybridized carbons (Fsp3) is 0.500. The summed E-state index contributed by atoms with van der Waals surface area (Å²) in [4.78, 5) is 36.5. The molecule has 1 aliphatic carbocycles. The lowest BCUT2D eigenvalue weighted by atomic mass is 9.97. The van der Waals surface area contributed by atoms with Crippen LogP contribution in [0.25, 0.3) is 0 Å². The van der Waals surface area contributed by atoms with E-state index in [0.717, 1.165) is 24.0 Å². The Kier molecular flexibility index (Phi) is 4.94. The van der Waals surface area contributed by atoms with Gasteiger partial charge >= 0.3 is 5.97 Å². The average molecular weight is 330 g/mol. The van der Waals surface area contributed by atoms with Gasteiger partial charge in [0.25, 0.3) is 0 Å². The van der Waals surface area contributed by atoms with Crippen molar-refractivity contribution in [3.63, 3.8) is 0 Å². The second-order valence-corrected chi connectivity index (χ2v) is 6.39. The number of amides is 1. The molecule has 0 bridgehead atoms.